The van der Waals surface area contributed by atoms with Crippen molar-refractivity contribution < 1.29 is 25.2 Å². The Bertz CT molecular complexity index is 933. The summed E-state index contributed by atoms with van der Waals surface area (Å²) in [4.78, 5) is 0. The lowest BCUT2D eigenvalue weighted by molar-refractivity contribution is 0.318. The summed E-state index contributed by atoms with van der Waals surface area (Å²) in [6.45, 7) is 2.25. The molecule has 7 nitrogen and oxygen atoms in total. The summed E-state index contributed by atoms with van der Waals surface area (Å²) in [5.41, 5.74) is 2.21. The van der Waals surface area contributed by atoms with Crippen LogP contribution >= 0.6 is 0 Å². The van der Waals surface area contributed by atoms with Gasteiger partial charge in [0, 0.05) is 24.2 Å². The van der Waals surface area contributed by atoms with Gasteiger partial charge < -0.3 is 25.2 Å². The minimum atomic E-state index is -0.405. The Kier molecular flexibility index (Phi) is 4.14. The van der Waals surface area contributed by atoms with E-state index in [1.165, 1.54) is 12.1 Å². The van der Waals surface area contributed by atoms with Crippen molar-refractivity contribution in [3.8, 4) is 51.3 Å². The molecular formula is C18H18N2O5. The average molecular weight is 342 g/mol. The van der Waals surface area contributed by atoms with E-state index in [1.807, 2.05) is 6.92 Å². The third-order valence-electron chi connectivity index (χ3n) is 3.80. The van der Waals surface area contributed by atoms with Gasteiger partial charge >= 0.3 is 0 Å². The fourth-order valence-electron chi connectivity index (χ4n) is 2.58. The zero-order chi connectivity index (χ0) is 18.1. The van der Waals surface area contributed by atoms with E-state index < -0.39 is 5.75 Å². The average Bonchev–Trinajstić information content (AvgIpc) is 2.95. The first-order chi connectivity index (χ1) is 11.9. The first-order valence-electron chi connectivity index (χ1n) is 7.66. The minimum absolute atomic E-state index is 0.0501. The predicted molar refractivity (Wildman–Crippen MR) is 91.9 cm³/mol. The van der Waals surface area contributed by atoms with Crippen molar-refractivity contribution in [1.29, 1.82) is 0 Å². The first kappa shape index (κ1) is 16.5. The molecule has 0 aliphatic carbocycles. The van der Waals surface area contributed by atoms with Crippen molar-refractivity contribution in [3.05, 3.63) is 36.4 Å². The Morgan fingerprint density at radius 1 is 0.920 bits per heavy atom. The molecular weight excluding hydrogens is 324 g/mol. The summed E-state index contributed by atoms with van der Waals surface area (Å²) in [6, 6.07) is 9.01. The van der Waals surface area contributed by atoms with Crippen molar-refractivity contribution in [2.24, 2.45) is 7.05 Å². The van der Waals surface area contributed by atoms with Gasteiger partial charge in [0.15, 0.2) is 23.0 Å². The molecule has 25 heavy (non-hydrogen) atoms. The lowest BCUT2D eigenvalue weighted by Crippen LogP contribution is -1.96. The maximum Gasteiger partial charge on any atom is 0.161 e. The Morgan fingerprint density at radius 2 is 1.64 bits per heavy atom. The molecule has 0 aliphatic rings. The predicted octanol–water partition coefficient (Wildman–Crippen LogP) is 2.98. The molecule has 0 saturated heterocycles. The molecule has 0 amide bonds. The van der Waals surface area contributed by atoms with Crippen LogP contribution in [0.4, 0.5) is 0 Å². The van der Waals surface area contributed by atoms with Gasteiger partial charge in [0.2, 0.25) is 0 Å². The fourth-order valence-corrected chi connectivity index (χ4v) is 2.58. The molecule has 0 atom stereocenters. The molecule has 7 heteroatoms. The van der Waals surface area contributed by atoms with E-state index >= 15 is 0 Å². The lowest BCUT2D eigenvalue weighted by atomic mass is 10.1. The van der Waals surface area contributed by atoms with Crippen molar-refractivity contribution in [3.63, 3.8) is 0 Å². The number of aromatic hydroxyl groups is 4. The van der Waals surface area contributed by atoms with Gasteiger partial charge in [0.05, 0.1) is 18.0 Å². The summed E-state index contributed by atoms with van der Waals surface area (Å²) in [7, 11) is 1.74. The molecule has 3 rings (SSSR count). The monoisotopic (exact) mass is 342 g/mol. The minimum Gasteiger partial charge on any atom is -0.507 e. The fraction of sp³-hybridized carbons (Fsp3) is 0.167. The molecule has 0 spiro atoms. The van der Waals surface area contributed by atoms with Crippen LogP contribution < -0.4 is 4.74 Å². The third-order valence-corrected chi connectivity index (χ3v) is 3.80. The summed E-state index contributed by atoms with van der Waals surface area (Å²) < 4.78 is 7.01. The molecule has 1 aromatic heterocycles. The maximum absolute atomic E-state index is 10.0. The smallest absolute Gasteiger partial charge is 0.161 e. The van der Waals surface area contributed by atoms with Crippen LogP contribution in [-0.4, -0.2) is 36.8 Å². The number of nitrogens with zero attached hydrogens (tertiary/aromatic N) is 2. The largest absolute Gasteiger partial charge is 0.507 e. The highest BCUT2D eigenvalue weighted by atomic mass is 16.5. The number of ether oxygens (including phenoxy) is 1. The molecule has 2 aromatic carbocycles. The second-order valence-electron chi connectivity index (χ2n) is 5.51. The summed E-state index contributed by atoms with van der Waals surface area (Å²) >= 11 is 0. The van der Waals surface area contributed by atoms with Crippen LogP contribution in [0, 0.1) is 0 Å². The number of aryl methyl sites for hydroxylation is 1. The number of hydrogen-bond acceptors (Lipinski definition) is 6. The van der Waals surface area contributed by atoms with Gasteiger partial charge in [-0.25, -0.2) is 0 Å². The number of rotatable bonds is 4. The highest BCUT2D eigenvalue weighted by Crippen LogP contribution is 2.39. The first-order valence-corrected chi connectivity index (χ1v) is 7.66. The molecule has 0 saturated carbocycles. The zero-order valence-electron chi connectivity index (χ0n) is 13.8. The zero-order valence-corrected chi connectivity index (χ0v) is 13.8. The highest BCUT2D eigenvalue weighted by molar-refractivity contribution is 5.75. The number of benzene rings is 2. The quantitative estimate of drug-likeness (QED) is 0.429. The lowest BCUT2D eigenvalue weighted by Gasteiger charge is -2.08. The van der Waals surface area contributed by atoms with Crippen LogP contribution in [0.5, 0.6) is 28.7 Å². The molecule has 0 unspecified atom stereocenters. The summed E-state index contributed by atoms with van der Waals surface area (Å²) in [5, 5.41) is 43.3. The molecule has 3 aromatic rings. The normalized spacial score (nSPS) is 10.8. The van der Waals surface area contributed by atoms with Crippen LogP contribution in [0.3, 0.4) is 0 Å². The Labute approximate surface area is 144 Å². The third kappa shape index (κ3) is 3.03. The van der Waals surface area contributed by atoms with Gasteiger partial charge in [0.1, 0.15) is 5.75 Å². The van der Waals surface area contributed by atoms with Crippen LogP contribution in [0.25, 0.3) is 22.5 Å². The van der Waals surface area contributed by atoms with Crippen LogP contribution in [0.15, 0.2) is 36.4 Å². The van der Waals surface area contributed by atoms with Crippen molar-refractivity contribution in [2.45, 2.75) is 6.92 Å². The number of aromatic nitrogens is 2. The second kappa shape index (κ2) is 6.27. The maximum atomic E-state index is 10.0. The Morgan fingerprint density at radius 3 is 2.36 bits per heavy atom. The molecule has 0 aliphatic heterocycles. The number of phenolic OH excluding ortho intramolecular Hbond substituents is 4. The number of hydrogen-bond donors (Lipinski definition) is 4. The van der Waals surface area contributed by atoms with Crippen LogP contribution in [0.2, 0.25) is 0 Å². The van der Waals surface area contributed by atoms with E-state index in [1.54, 1.807) is 29.9 Å². The molecule has 0 bridgehead atoms. The van der Waals surface area contributed by atoms with Crippen molar-refractivity contribution in [2.75, 3.05) is 6.61 Å². The van der Waals surface area contributed by atoms with E-state index in [4.69, 9.17) is 4.74 Å². The van der Waals surface area contributed by atoms with Crippen LogP contribution in [0.1, 0.15) is 6.92 Å². The standard InChI is InChI=1S/C18H18N2O5/c1-3-25-18-6-10(4-5-14(18)21)13-8-12(19-20(13)2)11-7-16(23)17(24)9-15(11)22/h4-9,21-24H,3H2,1-2H3. The molecule has 0 radical (unpaired) electrons. The second-order valence-corrected chi connectivity index (χ2v) is 5.51. The van der Waals surface area contributed by atoms with E-state index in [2.05, 4.69) is 5.10 Å². The summed E-state index contributed by atoms with van der Waals surface area (Å²) in [5.74, 6) is -0.525. The SMILES string of the molecule is CCOc1cc(-c2cc(-c3cc(O)c(O)cc3O)nn2C)ccc1O. The Hall–Kier alpha value is -3.35. The van der Waals surface area contributed by atoms with Gasteiger partial charge in [-0.1, -0.05) is 0 Å². The van der Waals surface area contributed by atoms with Gasteiger partial charge in [-0.15, -0.1) is 0 Å². The van der Waals surface area contributed by atoms with Gasteiger partial charge in [-0.3, -0.25) is 4.68 Å². The van der Waals surface area contributed by atoms with Gasteiger partial charge in [0.25, 0.3) is 0 Å². The molecule has 130 valence electrons. The van der Waals surface area contributed by atoms with E-state index in [9.17, 15) is 20.4 Å². The Balaban J connectivity index is 2.07. The van der Waals surface area contributed by atoms with E-state index in [-0.39, 0.29) is 17.2 Å². The van der Waals surface area contributed by atoms with Crippen molar-refractivity contribution in [1.82, 2.24) is 9.78 Å². The highest BCUT2D eigenvalue weighted by Gasteiger charge is 2.16. The molecule has 4 N–H and O–H groups in total. The number of phenols is 4. The van der Waals surface area contributed by atoms with Crippen LogP contribution in [-0.2, 0) is 7.05 Å². The molecule has 0 fully saturated rings. The van der Waals surface area contributed by atoms with Gasteiger partial charge in [-0.2, -0.15) is 5.10 Å². The summed E-state index contributed by atoms with van der Waals surface area (Å²) in [6.07, 6.45) is 0. The topological polar surface area (TPSA) is 108 Å². The van der Waals surface area contributed by atoms with E-state index in [0.717, 1.165) is 17.3 Å². The van der Waals surface area contributed by atoms with Gasteiger partial charge in [-0.05, 0) is 37.3 Å². The van der Waals surface area contributed by atoms with E-state index in [0.29, 0.717) is 23.6 Å². The molecule has 1 heterocycles. The van der Waals surface area contributed by atoms with Crippen molar-refractivity contribution >= 4 is 0 Å².